The van der Waals surface area contributed by atoms with Crippen molar-refractivity contribution in [3.05, 3.63) is 10.0 Å². The van der Waals surface area contributed by atoms with Crippen LogP contribution in [0.3, 0.4) is 0 Å². The Morgan fingerprint density at radius 3 is 2.94 bits per heavy atom. The van der Waals surface area contributed by atoms with Crippen molar-refractivity contribution in [1.29, 1.82) is 0 Å². The molecule has 0 saturated carbocycles. The maximum Gasteiger partial charge on any atom is 0.159 e. The molecule has 1 atom stereocenters. The molecule has 1 aromatic rings. The highest BCUT2D eigenvalue weighted by Gasteiger charge is 2.32. The predicted octanol–water partition coefficient (Wildman–Crippen LogP) is 1.33. The lowest BCUT2D eigenvalue weighted by atomic mass is 10.2. The van der Waals surface area contributed by atoms with E-state index < -0.39 is 15.1 Å². The summed E-state index contributed by atoms with van der Waals surface area (Å²) >= 11 is 1.45. The van der Waals surface area contributed by atoms with Gasteiger partial charge in [0.2, 0.25) is 0 Å². The average molecular weight is 289 g/mol. The third kappa shape index (κ3) is 3.27. The molecule has 0 amide bonds. The molecule has 1 aliphatic rings. The first-order valence-electron chi connectivity index (χ1n) is 6.38. The van der Waals surface area contributed by atoms with E-state index in [1.165, 1.54) is 11.3 Å². The molecule has 0 spiro atoms. The Morgan fingerprint density at radius 1 is 1.39 bits per heavy atom. The van der Waals surface area contributed by atoms with Gasteiger partial charge in [-0.25, -0.2) is 8.42 Å². The van der Waals surface area contributed by atoms with Gasteiger partial charge in [-0.2, -0.15) is 0 Å². The van der Waals surface area contributed by atoms with E-state index in [0.29, 0.717) is 17.2 Å². The molecule has 1 saturated heterocycles. The minimum atomic E-state index is -3.00. The number of rotatable bonds is 5. The van der Waals surface area contributed by atoms with Crippen LogP contribution in [0.2, 0.25) is 0 Å². The molecule has 2 heterocycles. The maximum absolute atomic E-state index is 12.0. The topological polar surface area (TPSA) is 72.0 Å². The zero-order chi connectivity index (χ0) is 13.0. The minimum Gasteiger partial charge on any atom is -0.317 e. The van der Waals surface area contributed by atoms with Crippen LogP contribution in [0.4, 0.5) is 0 Å². The lowest BCUT2D eigenvalue weighted by Crippen LogP contribution is -2.21. The first-order chi connectivity index (χ1) is 8.63. The first-order valence-corrected chi connectivity index (χ1v) is 8.91. The summed E-state index contributed by atoms with van der Waals surface area (Å²) in [5, 5.41) is 12.6. The zero-order valence-electron chi connectivity index (χ0n) is 10.6. The summed E-state index contributed by atoms with van der Waals surface area (Å²) in [7, 11) is -3.00. The van der Waals surface area contributed by atoms with Crippen LogP contribution < -0.4 is 5.32 Å². The van der Waals surface area contributed by atoms with E-state index in [0.717, 1.165) is 37.4 Å². The van der Waals surface area contributed by atoms with Crippen molar-refractivity contribution in [2.24, 2.45) is 0 Å². The molecule has 0 aromatic carbocycles. The molecule has 2 rings (SSSR count). The van der Waals surface area contributed by atoms with Gasteiger partial charge in [-0.15, -0.1) is 21.5 Å². The highest BCUT2D eigenvalue weighted by Crippen LogP contribution is 2.34. The van der Waals surface area contributed by atoms with Crippen LogP contribution >= 0.6 is 11.3 Å². The van der Waals surface area contributed by atoms with E-state index in [1.54, 1.807) is 0 Å². The standard InChI is InChI=1S/C11H19N3O2S2/c1-2-12-7-6-10-13-14-11(17-10)9-5-3-4-8-18(9,15)16/h9,12H,2-8H2,1H3. The van der Waals surface area contributed by atoms with Crippen LogP contribution in [0, 0.1) is 0 Å². The van der Waals surface area contributed by atoms with Crippen molar-refractivity contribution < 1.29 is 8.42 Å². The second kappa shape index (κ2) is 6.08. The van der Waals surface area contributed by atoms with Crippen molar-refractivity contribution in [2.45, 2.75) is 37.9 Å². The highest BCUT2D eigenvalue weighted by molar-refractivity contribution is 7.91. The molecule has 0 radical (unpaired) electrons. The van der Waals surface area contributed by atoms with Gasteiger partial charge in [-0.3, -0.25) is 0 Å². The first kappa shape index (κ1) is 13.9. The number of hydrogen-bond donors (Lipinski definition) is 1. The quantitative estimate of drug-likeness (QED) is 0.828. The van der Waals surface area contributed by atoms with Gasteiger partial charge < -0.3 is 5.32 Å². The van der Waals surface area contributed by atoms with Crippen LogP contribution in [0.25, 0.3) is 0 Å². The summed E-state index contributed by atoms with van der Waals surface area (Å²) in [6, 6.07) is 0. The largest absolute Gasteiger partial charge is 0.317 e. The van der Waals surface area contributed by atoms with Gasteiger partial charge in [0.25, 0.3) is 0 Å². The number of likely N-dealkylation sites (N-methyl/N-ethyl adjacent to an activating group) is 1. The van der Waals surface area contributed by atoms with Gasteiger partial charge in [0.15, 0.2) is 9.84 Å². The molecule has 1 N–H and O–H groups in total. The van der Waals surface area contributed by atoms with Crippen molar-refractivity contribution in [1.82, 2.24) is 15.5 Å². The van der Waals surface area contributed by atoms with Crippen LogP contribution in [0.5, 0.6) is 0 Å². The summed E-state index contributed by atoms with van der Waals surface area (Å²) in [6.07, 6.45) is 3.27. The number of hydrogen-bond acceptors (Lipinski definition) is 6. The molecule has 1 fully saturated rings. The normalized spacial score (nSPS) is 23.1. The SMILES string of the molecule is CCNCCc1nnc(C2CCCCS2(=O)=O)s1. The number of sulfone groups is 1. The second-order valence-electron chi connectivity index (χ2n) is 4.49. The van der Waals surface area contributed by atoms with Crippen LogP contribution in [0.1, 0.15) is 41.5 Å². The molecule has 1 unspecified atom stereocenters. The lowest BCUT2D eigenvalue weighted by Gasteiger charge is -2.19. The minimum absolute atomic E-state index is 0.296. The van der Waals surface area contributed by atoms with Gasteiger partial charge >= 0.3 is 0 Å². The molecule has 5 nitrogen and oxygen atoms in total. The van der Waals surface area contributed by atoms with Crippen molar-refractivity contribution in [2.75, 3.05) is 18.8 Å². The molecule has 1 aromatic heterocycles. The molecule has 102 valence electrons. The van der Waals surface area contributed by atoms with Crippen molar-refractivity contribution in [3.63, 3.8) is 0 Å². The Balaban J connectivity index is 2.04. The molecule has 18 heavy (non-hydrogen) atoms. The summed E-state index contributed by atoms with van der Waals surface area (Å²) in [5.74, 6) is 0.296. The van der Waals surface area contributed by atoms with E-state index >= 15 is 0 Å². The van der Waals surface area contributed by atoms with Crippen LogP contribution in [0.15, 0.2) is 0 Å². The predicted molar refractivity (Wildman–Crippen MR) is 72.5 cm³/mol. The summed E-state index contributed by atoms with van der Waals surface area (Å²) in [4.78, 5) is 0. The Morgan fingerprint density at radius 2 is 2.22 bits per heavy atom. The highest BCUT2D eigenvalue weighted by atomic mass is 32.2. The Kier molecular flexibility index (Phi) is 4.69. The Hall–Kier alpha value is -0.530. The number of nitrogens with zero attached hydrogens (tertiary/aromatic N) is 2. The molecular formula is C11H19N3O2S2. The van der Waals surface area contributed by atoms with E-state index in [1.807, 2.05) is 0 Å². The van der Waals surface area contributed by atoms with E-state index in [-0.39, 0.29) is 0 Å². The average Bonchev–Trinajstić information content (AvgIpc) is 2.77. The molecule has 1 aliphatic heterocycles. The van der Waals surface area contributed by atoms with Crippen LogP contribution in [-0.4, -0.2) is 37.5 Å². The Labute approximate surface area is 112 Å². The lowest BCUT2D eigenvalue weighted by molar-refractivity contribution is 0.544. The molecule has 7 heteroatoms. The fourth-order valence-corrected chi connectivity index (χ4v) is 5.32. The van der Waals surface area contributed by atoms with E-state index in [4.69, 9.17) is 0 Å². The maximum atomic E-state index is 12.0. The Bertz CT molecular complexity index is 484. The number of nitrogens with one attached hydrogen (secondary N) is 1. The van der Waals surface area contributed by atoms with Crippen molar-refractivity contribution >= 4 is 21.2 Å². The van der Waals surface area contributed by atoms with Gasteiger partial charge in [0, 0.05) is 13.0 Å². The van der Waals surface area contributed by atoms with Gasteiger partial charge in [0.05, 0.1) is 5.75 Å². The third-order valence-electron chi connectivity index (χ3n) is 3.10. The summed E-state index contributed by atoms with van der Waals surface area (Å²) < 4.78 is 24.0. The van der Waals surface area contributed by atoms with Crippen LogP contribution in [-0.2, 0) is 16.3 Å². The fourth-order valence-electron chi connectivity index (χ4n) is 2.10. The monoisotopic (exact) mass is 289 g/mol. The van der Waals surface area contributed by atoms with Crippen molar-refractivity contribution in [3.8, 4) is 0 Å². The van der Waals surface area contributed by atoms with E-state index in [9.17, 15) is 8.42 Å². The molecule has 0 bridgehead atoms. The molecular weight excluding hydrogens is 270 g/mol. The zero-order valence-corrected chi connectivity index (χ0v) is 12.2. The van der Waals surface area contributed by atoms with Gasteiger partial charge in [-0.1, -0.05) is 13.3 Å². The summed E-state index contributed by atoms with van der Waals surface area (Å²) in [6.45, 7) is 3.85. The third-order valence-corrected chi connectivity index (χ3v) is 6.53. The molecule has 0 aliphatic carbocycles. The smallest absolute Gasteiger partial charge is 0.159 e. The van der Waals surface area contributed by atoms with Gasteiger partial charge in [0.1, 0.15) is 15.3 Å². The summed E-state index contributed by atoms with van der Waals surface area (Å²) in [5.41, 5.74) is 0. The van der Waals surface area contributed by atoms with Gasteiger partial charge in [-0.05, 0) is 19.4 Å². The number of aromatic nitrogens is 2. The second-order valence-corrected chi connectivity index (χ2v) is 7.89. The fraction of sp³-hybridized carbons (Fsp3) is 0.818. The van der Waals surface area contributed by atoms with E-state index in [2.05, 4.69) is 22.4 Å².